The first kappa shape index (κ1) is 18.6. The van der Waals surface area contributed by atoms with Crippen LogP contribution in [0.2, 0.25) is 5.02 Å². The molecule has 0 saturated heterocycles. The quantitative estimate of drug-likeness (QED) is 0.608. The molecule has 7 heteroatoms. The number of hydrogen-bond acceptors (Lipinski definition) is 3. The van der Waals surface area contributed by atoms with Gasteiger partial charge in [0, 0.05) is 17.6 Å². The first-order valence-electron chi connectivity index (χ1n) is 7.82. The summed E-state index contributed by atoms with van der Waals surface area (Å²) in [6.45, 7) is 5.17. The number of benzene rings is 2. The zero-order valence-corrected chi connectivity index (χ0v) is 15.1. The third kappa shape index (κ3) is 5.39. The lowest BCUT2D eigenvalue weighted by Gasteiger charge is -2.17. The molecule has 132 valence electrons. The molecule has 0 radical (unpaired) electrons. The summed E-state index contributed by atoms with van der Waals surface area (Å²) >= 11 is 6.05. The van der Waals surface area contributed by atoms with Gasteiger partial charge in [-0.1, -0.05) is 29.8 Å². The number of amides is 3. The largest absolute Gasteiger partial charge is 0.333 e. The summed E-state index contributed by atoms with van der Waals surface area (Å²) in [6, 6.07) is 12.1. The van der Waals surface area contributed by atoms with E-state index >= 15 is 0 Å². The molecular weight excluding hydrogens is 340 g/mol. The van der Waals surface area contributed by atoms with E-state index in [-0.39, 0.29) is 18.0 Å². The highest BCUT2D eigenvalue weighted by atomic mass is 35.5. The van der Waals surface area contributed by atoms with Gasteiger partial charge in [0.15, 0.2) is 0 Å². The van der Waals surface area contributed by atoms with E-state index < -0.39 is 0 Å². The molecule has 0 aromatic heterocycles. The van der Waals surface area contributed by atoms with Gasteiger partial charge < -0.3 is 10.6 Å². The van der Waals surface area contributed by atoms with Gasteiger partial charge in [-0.2, -0.15) is 0 Å². The Hall–Kier alpha value is -2.73. The average molecular weight is 361 g/mol. The van der Waals surface area contributed by atoms with Gasteiger partial charge in [0.25, 0.3) is 0 Å². The van der Waals surface area contributed by atoms with Crippen LogP contribution < -0.4 is 21.5 Å². The van der Waals surface area contributed by atoms with Crippen LogP contribution in [-0.2, 0) is 4.79 Å². The fraction of sp³-hybridized carbons (Fsp3) is 0.222. The second-order valence-corrected chi connectivity index (χ2v) is 6.07. The molecule has 0 saturated carbocycles. The third-order valence-electron chi connectivity index (χ3n) is 3.63. The van der Waals surface area contributed by atoms with Crippen LogP contribution in [0.3, 0.4) is 0 Å². The van der Waals surface area contributed by atoms with Gasteiger partial charge in [-0.3, -0.25) is 15.6 Å². The smallest absolute Gasteiger partial charge is 0.330 e. The van der Waals surface area contributed by atoms with Gasteiger partial charge in [0.2, 0.25) is 5.91 Å². The maximum Gasteiger partial charge on any atom is 0.333 e. The van der Waals surface area contributed by atoms with Gasteiger partial charge in [0.05, 0.1) is 11.7 Å². The molecule has 0 unspecified atom stereocenters. The maximum atomic E-state index is 12.1. The minimum Gasteiger partial charge on any atom is -0.330 e. The molecule has 0 heterocycles. The fourth-order valence-electron chi connectivity index (χ4n) is 2.27. The number of carbonyl (C=O) groups excluding carboxylic acids is 2. The lowest BCUT2D eigenvalue weighted by atomic mass is 10.1. The Labute approximate surface area is 151 Å². The molecule has 0 bridgehead atoms. The van der Waals surface area contributed by atoms with Gasteiger partial charge in [-0.15, -0.1) is 0 Å². The standard InChI is InChI=1S/C18H21ClN4O2/c1-11-16(19)8-5-9-17(11)22-23-18(25)20-12(2)14-6-4-7-15(10-14)21-13(3)24/h4-10,12,22H,1-3H3,(H,21,24)(H2,20,23,25)/t12-/m0/s1. The van der Waals surface area contributed by atoms with Gasteiger partial charge in [-0.05, 0) is 49.2 Å². The highest BCUT2D eigenvalue weighted by Crippen LogP contribution is 2.22. The van der Waals surface area contributed by atoms with Crippen LogP contribution in [0.25, 0.3) is 0 Å². The Bertz CT molecular complexity index is 779. The van der Waals surface area contributed by atoms with Crippen molar-refractivity contribution in [3.8, 4) is 0 Å². The molecule has 2 aromatic rings. The molecule has 3 amide bonds. The number of halogens is 1. The molecular formula is C18H21ClN4O2. The number of hydrazine groups is 1. The van der Waals surface area contributed by atoms with Crippen molar-refractivity contribution in [2.45, 2.75) is 26.8 Å². The van der Waals surface area contributed by atoms with E-state index in [1.165, 1.54) is 6.92 Å². The molecule has 0 spiro atoms. The lowest BCUT2D eigenvalue weighted by molar-refractivity contribution is -0.114. The number of nitrogens with one attached hydrogen (secondary N) is 4. The Kier molecular flexibility index (Phi) is 6.25. The second kappa shape index (κ2) is 8.39. The summed E-state index contributed by atoms with van der Waals surface area (Å²) in [5, 5.41) is 6.16. The minimum atomic E-state index is -0.378. The van der Waals surface area contributed by atoms with Crippen molar-refractivity contribution in [3.05, 3.63) is 58.6 Å². The summed E-state index contributed by atoms with van der Waals surface area (Å²) in [4.78, 5) is 23.2. The monoisotopic (exact) mass is 360 g/mol. The maximum absolute atomic E-state index is 12.1. The van der Waals surface area contributed by atoms with Crippen LogP contribution in [0.5, 0.6) is 0 Å². The summed E-state index contributed by atoms with van der Waals surface area (Å²) in [6.07, 6.45) is 0. The molecule has 0 aliphatic heterocycles. The van der Waals surface area contributed by atoms with Crippen molar-refractivity contribution in [3.63, 3.8) is 0 Å². The number of hydrogen-bond donors (Lipinski definition) is 4. The number of carbonyl (C=O) groups is 2. The number of anilines is 2. The highest BCUT2D eigenvalue weighted by Gasteiger charge is 2.10. The molecule has 1 atom stereocenters. The topological polar surface area (TPSA) is 82.3 Å². The van der Waals surface area contributed by atoms with Crippen LogP contribution in [0.4, 0.5) is 16.2 Å². The van der Waals surface area contributed by atoms with Gasteiger partial charge in [0.1, 0.15) is 0 Å². The van der Waals surface area contributed by atoms with E-state index in [4.69, 9.17) is 11.6 Å². The Balaban J connectivity index is 1.93. The first-order valence-corrected chi connectivity index (χ1v) is 8.20. The van der Waals surface area contributed by atoms with Crippen molar-refractivity contribution < 1.29 is 9.59 Å². The molecule has 0 fully saturated rings. The Morgan fingerprint density at radius 3 is 2.56 bits per heavy atom. The van der Waals surface area contributed by atoms with Crippen molar-refractivity contribution in [1.82, 2.24) is 10.7 Å². The van der Waals surface area contributed by atoms with E-state index in [1.54, 1.807) is 18.2 Å². The van der Waals surface area contributed by atoms with Crippen LogP contribution >= 0.6 is 11.6 Å². The predicted octanol–water partition coefficient (Wildman–Crippen LogP) is 3.99. The number of urea groups is 1. The van der Waals surface area contributed by atoms with E-state index in [0.717, 1.165) is 16.8 Å². The summed E-state index contributed by atoms with van der Waals surface area (Å²) in [7, 11) is 0. The second-order valence-electron chi connectivity index (χ2n) is 5.66. The Morgan fingerprint density at radius 1 is 1.12 bits per heavy atom. The van der Waals surface area contributed by atoms with Crippen LogP contribution in [0, 0.1) is 6.92 Å². The van der Waals surface area contributed by atoms with Crippen LogP contribution in [-0.4, -0.2) is 11.9 Å². The van der Waals surface area contributed by atoms with Crippen LogP contribution in [0.15, 0.2) is 42.5 Å². The molecule has 0 aliphatic carbocycles. The average Bonchev–Trinajstić information content (AvgIpc) is 2.56. The highest BCUT2D eigenvalue weighted by molar-refractivity contribution is 6.31. The first-order chi connectivity index (χ1) is 11.9. The Morgan fingerprint density at radius 2 is 1.84 bits per heavy atom. The van der Waals surface area contributed by atoms with E-state index in [9.17, 15) is 9.59 Å². The van der Waals surface area contributed by atoms with Crippen LogP contribution in [0.1, 0.15) is 31.0 Å². The van der Waals surface area contributed by atoms with Gasteiger partial charge >= 0.3 is 6.03 Å². The molecule has 4 N–H and O–H groups in total. The lowest BCUT2D eigenvalue weighted by Crippen LogP contribution is -2.40. The van der Waals surface area contributed by atoms with Crippen molar-refractivity contribution in [2.24, 2.45) is 0 Å². The predicted molar refractivity (Wildman–Crippen MR) is 101 cm³/mol. The summed E-state index contributed by atoms with van der Waals surface area (Å²) in [5.74, 6) is -0.142. The fourth-order valence-corrected chi connectivity index (χ4v) is 2.45. The summed E-state index contributed by atoms with van der Waals surface area (Å²) in [5.41, 5.74) is 8.57. The van der Waals surface area contributed by atoms with Crippen molar-refractivity contribution in [1.29, 1.82) is 0 Å². The zero-order chi connectivity index (χ0) is 18.4. The van der Waals surface area contributed by atoms with Crippen molar-refractivity contribution >= 4 is 34.9 Å². The number of rotatable bonds is 5. The minimum absolute atomic E-state index is 0.142. The third-order valence-corrected chi connectivity index (χ3v) is 4.04. The van der Waals surface area contributed by atoms with E-state index in [1.807, 2.05) is 38.1 Å². The van der Waals surface area contributed by atoms with Crippen molar-refractivity contribution in [2.75, 3.05) is 10.7 Å². The molecule has 2 rings (SSSR count). The normalized spacial score (nSPS) is 11.4. The molecule has 25 heavy (non-hydrogen) atoms. The van der Waals surface area contributed by atoms with E-state index in [0.29, 0.717) is 10.7 Å². The molecule has 6 nitrogen and oxygen atoms in total. The van der Waals surface area contributed by atoms with E-state index in [2.05, 4.69) is 21.5 Å². The van der Waals surface area contributed by atoms with Gasteiger partial charge in [-0.25, -0.2) is 4.79 Å². The summed E-state index contributed by atoms with van der Waals surface area (Å²) < 4.78 is 0. The SMILES string of the molecule is CC(=O)Nc1cccc([C@H](C)NC(=O)NNc2cccc(Cl)c2C)c1. The molecule has 0 aliphatic rings. The molecule has 2 aromatic carbocycles. The zero-order valence-electron chi connectivity index (χ0n) is 14.3.